The van der Waals surface area contributed by atoms with Crippen molar-refractivity contribution in [3.63, 3.8) is 0 Å². The molecule has 0 aliphatic rings. The lowest BCUT2D eigenvalue weighted by atomic mass is 10.1. The van der Waals surface area contributed by atoms with E-state index in [4.69, 9.17) is 5.73 Å². The van der Waals surface area contributed by atoms with Gasteiger partial charge < -0.3 is 16.0 Å². The van der Waals surface area contributed by atoms with Crippen molar-refractivity contribution >= 4 is 0 Å². The van der Waals surface area contributed by atoms with Crippen molar-refractivity contribution < 1.29 is 0 Å². The van der Waals surface area contributed by atoms with Crippen molar-refractivity contribution in [3.8, 4) is 0 Å². The van der Waals surface area contributed by atoms with Crippen LogP contribution in [0.1, 0.15) is 18.9 Å². The Balaban J connectivity index is 1.99. The minimum atomic E-state index is 0.686. The van der Waals surface area contributed by atoms with Crippen molar-refractivity contribution in [3.05, 3.63) is 24.0 Å². The molecule has 14 heavy (non-hydrogen) atoms. The monoisotopic (exact) mass is 195 g/mol. The highest BCUT2D eigenvalue weighted by atomic mass is 14.9. The van der Waals surface area contributed by atoms with Crippen LogP contribution in [0.4, 0.5) is 0 Å². The van der Waals surface area contributed by atoms with E-state index < -0.39 is 0 Å². The summed E-state index contributed by atoms with van der Waals surface area (Å²) in [5.74, 6) is 0.686. The molecule has 0 aromatic carbocycles. The van der Waals surface area contributed by atoms with E-state index in [2.05, 4.69) is 23.3 Å². The van der Waals surface area contributed by atoms with Crippen LogP contribution >= 0.6 is 0 Å². The second-order valence-corrected chi connectivity index (χ2v) is 3.86. The van der Waals surface area contributed by atoms with Gasteiger partial charge in [-0.1, -0.05) is 6.92 Å². The van der Waals surface area contributed by atoms with Crippen molar-refractivity contribution in [2.75, 3.05) is 19.6 Å². The van der Waals surface area contributed by atoms with Gasteiger partial charge in [-0.05, 0) is 50.0 Å². The molecule has 0 spiro atoms. The third-order valence-electron chi connectivity index (χ3n) is 2.41. The Hall–Kier alpha value is -0.800. The van der Waals surface area contributed by atoms with Gasteiger partial charge in [0.2, 0.25) is 0 Å². The normalized spacial score (nSPS) is 13.0. The lowest BCUT2D eigenvalue weighted by Crippen LogP contribution is -2.24. The fraction of sp³-hybridized carbons (Fsp3) is 0.636. The van der Waals surface area contributed by atoms with Gasteiger partial charge in [0, 0.05) is 12.4 Å². The van der Waals surface area contributed by atoms with E-state index in [-0.39, 0.29) is 0 Å². The number of aromatic nitrogens is 1. The maximum atomic E-state index is 5.48. The Morgan fingerprint density at radius 2 is 2.43 bits per heavy atom. The lowest BCUT2D eigenvalue weighted by Gasteiger charge is -2.10. The smallest absolute Gasteiger partial charge is 0.00378 e. The second-order valence-electron chi connectivity index (χ2n) is 3.86. The minimum absolute atomic E-state index is 0.686. The van der Waals surface area contributed by atoms with Gasteiger partial charge in [-0.15, -0.1) is 0 Å². The zero-order valence-corrected chi connectivity index (χ0v) is 8.92. The maximum Gasteiger partial charge on any atom is 0.00378 e. The number of nitrogens with one attached hydrogen (secondary N) is 2. The predicted molar refractivity (Wildman–Crippen MR) is 60.2 cm³/mol. The molecule has 0 aliphatic carbocycles. The van der Waals surface area contributed by atoms with Crippen LogP contribution in [0.2, 0.25) is 0 Å². The van der Waals surface area contributed by atoms with Crippen molar-refractivity contribution in [2.45, 2.75) is 19.8 Å². The summed E-state index contributed by atoms with van der Waals surface area (Å²) < 4.78 is 0. The summed E-state index contributed by atoms with van der Waals surface area (Å²) in [7, 11) is 0. The molecule has 0 bridgehead atoms. The molecule has 4 N–H and O–H groups in total. The van der Waals surface area contributed by atoms with Crippen molar-refractivity contribution in [1.82, 2.24) is 10.3 Å². The van der Waals surface area contributed by atoms with Gasteiger partial charge in [0.1, 0.15) is 0 Å². The standard InChI is InChI=1S/C11H21N3/c1-10(2-5-12)8-13-6-3-11-4-7-14-9-11/h4,7,9-10,13-14H,2-3,5-6,8,12H2,1H3. The molecule has 1 heterocycles. The fourth-order valence-electron chi connectivity index (χ4n) is 1.48. The van der Waals surface area contributed by atoms with Crippen molar-refractivity contribution in [1.29, 1.82) is 0 Å². The van der Waals surface area contributed by atoms with E-state index in [9.17, 15) is 0 Å². The molecule has 0 fully saturated rings. The Kier molecular flexibility index (Phi) is 5.33. The SMILES string of the molecule is CC(CCN)CNCCc1cc[nH]c1. The number of nitrogens with two attached hydrogens (primary N) is 1. The predicted octanol–water partition coefficient (Wildman–Crippen LogP) is 1.13. The van der Waals surface area contributed by atoms with Crippen LogP contribution in [0.25, 0.3) is 0 Å². The Morgan fingerprint density at radius 3 is 3.07 bits per heavy atom. The first-order chi connectivity index (χ1) is 6.83. The number of hydrogen-bond acceptors (Lipinski definition) is 2. The van der Waals surface area contributed by atoms with Gasteiger partial charge >= 0.3 is 0 Å². The van der Waals surface area contributed by atoms with Crippen LogP contribution in [0, 0.1) is 5.92 Å². The molecule has 3 heteroatoms. The molecule has 0 radical (unpaired) electrons. The molecule has 0 amide bonds. The second kappa shape index (κ2) is 6.62. The van der Waals surface area contributed by atoms with Gasteiger partial charge in [0.05, 0.1) is 0 Å². The molecule has 80 valence electrons. The molecule has 0 aliphatic heterocycles. The summed E-state index contributed by atoms with van der Waals surface area (Å²) in [6, 6.07) is 2.12. The zero-order chi connectivity index (χ0) is 10.2. The van der Waals surface area contributed by atoms with Crippen LogP contribution in [0.5, 0.6) is 0 Å². The summed E-state index contributed by atoms with van der Waals surface area (Å²) in [6.07, 6.45) is 6.22. The van der Waals surface area contributed by atoms with Gasteiger partial charge in [-0.2, -0.15) is 0 Å². The highest BCUT2D eigenvalue weighted by Gasteiger charge is 1.99. The van der Waals surface area contributed by atoms with Gasteiger partial charge in [0.15, 0.2) is 0 Å². The highest BCUT2D eigenvalue weighted by molar-refractivity contribution is 5.08. The Morgan fingerprint density at radius 1 is 1.57 bits per heavy atom. The minimum Gasteiger partial charge on any atom is -0.367 e. The first kappa shape index (κ1) is 11.3. The summed E-state index contributed by atoms with van der Waals surface area (Å²) in [5.41, 5.74) is 6.84. The van der Waals surface area contributed by atoms with E-state index >= 15 is 0 Å². The maximum absolute atomic E-state index is 5.48. The van der Waals surface area contributed by atoms with E-state index in [0.29, 0.717) is 5.92 Å². The molecular formula is C11H21N3. The zero-order valence-electron chi connectivity index (χ0n) is 8.92. The Labute approximate surface area is 86.1 Å². The van der Waals surface area contributed by atoms with Crippen molar-refractivity contribution in [2.24, 2.45) is 11.7 Å². The Bertz CT molecular complexity index is 218. The topological polar surface area (TPSA) is 53.8 Å². The number of hydrogen-bond donors (Lipinski definition) is 3. The summed E-state index contributed by atoms with van der Waals surface area (Å²) >= 11 is 0. The first-order valence-corrected chi connectivity index (χ1v) is 5.35. The van der Waals surface area contributed by atoms with E-state index in [0.717, 1.165) is 32.5 Å². The van der Waals surface area contributed by atoms with Gasteiger partial charge in [-0.25, -0.2) is 0 Å². The largest absolute Gasteiger partial charge is 0.367 e. The molecule has 1 atom stereocenters. The number of aromatic amines is 1. The summed E-state index contributed by atoms with van der Waals surface area (Å²) in [4.78, 5) is 3.06. The fourth-order valence-corrected chi connectivity index (χ4v) is 1.48. The van der Waals surface area contributed by atoms with Crippen LogP contribution < -0.4 is 11.1 Å². The van der Waals surface area contributed by atoms with Crippen LogP contribution in [0.3, 0.4) is 0 Å². The number of H-pyrrole nitrogens is 1. The van der Waals surface area contributed by atoms with Crippen LogP contribution in [-0.4, -0.2) is 24.6 Å². The van der Waals surface area contributed by atoms with E-state index in [1.807, 2.05) is 12.4 Å². The molecule has 1 rings (SSSR count). The molecular weight excluding hydrogens is 174 g/mol. The quantitative estimate of drug-likeness (QED) is 0.571. The highest BCUT2D eigenvalue weighted by Crippen LogP contribution is 1.98. The van der Waals surface area contributed by atoms with E-state index in [1.165, 1.54) is 5.56 Å². The van der Waals surface area contributed by atoms with Gasteiger partial charge in [0.25, 0.3) is 0 Å². The molecule has 0 saturated carbocycles. The molecule has 3 nitrogen and oxygen atoms in total. The van der Waals surface area contributed by atoms with Crippen LogP contribution in [0.15, 0.2) is 18.5 Å². The average molecular weight is 195 g/mol. The lowest BCUT2D eigenvalue weighted by molar-refractivity contribution is 0.489. The molecule has 0 saturated heterocycles. The van der Waals surface area contributed by atoms with Gasteiger partial charge in [-0.3, -0.25) is 0 Å². The number of rotatable bonds is 7. The summed E-state index contributed by atoms with van der Waals surface area (Å²) in [5, 5.41) is 3.44. The third-order valence-corrected chi connectivity index (χ3v) is 2.41. The molecule has 1 unspecified atom stereocenters. The molecule has 1 aromatic rings. The van der Waals surface area contributed by atoms with E-state index in [1.54, 1.807) is 0 Å². The first-order valence-electron chi connectivity index (χ1n) is 5.35. The molecule has 1 aromatic heterocycles. The summed E-state index contributed by atoms with van der Waals surface area (Å²) in [6.45, 7) is 5.14. The third kappa shape index (κ3) is 4.44. The van der Waals surface area contributed by atoms with Crippen LogP contribution in [-0.2, 0) is 6.42 Å². The average Bonchev–Trinajstić information content (AvgIpc) is 2.65.